The Morgan fingerprint density at radius 1 is 1.28 bits per heavy atom. The molecule has 0 bridgehead atoms. The van der Waals surface area contributed by atoms with Gasteiger partial charge < -0.3 is 14.8 Å². The lowest BCUT2D eigenvalue weighted by Crippen LogP contribution is -2.12. The Morgan fingerprint density at radius 2 is 2.16 bits per heavy atom. The van der Waals surface area contributed by atoms with E-state index in [0.29, 0.717) is 12.4 Å². The maximum absolute atomic E-state index is 12.1. The number of carbonyl (C=O) groups is 1. The van der Waals surface area contributed by atoms with Crippen LogP contribution in [0.3, 0.4) is 0 Å². The summed E-state index contributed by atoms with van der Waals surface area (Å²) in [6.45, 7) is 3.64. The number of unbranched alkanes of at least 4 members (excludes halogenated alkanes) is 1. The van der Waals surface area contributed by atoms with E-state index in [1.165, 1.54) is 12.7 Å². The highest BCUT2D eigenvalue weighted by atomic mass is 16.5. The van der Waals surface area contributed by atoms with Gasteiger partial charge >= 0.3 is 5.97 Å². The third-order valence-electron chi connectivity index (χ3n) is 4.34. The first-order valence-corrected chi connectivity index (χ1v) is 8.82. The van der Waals surface area contributed by atoms with Gasteiger partial charge in [-0.3, -0.25) is 0 Å². The van der Waals surface area contributed by atoms with Crippen LogP contribution in [0.1, 0.15) is 42.2 Å². The number of pyridine rings is 1. The van der Waals surface area contributed by atoms with Crippen LogP contribution in [-0.4, -0.2) is 31.2 Å². The summed E-state index contributed by atoms with van der Waals surface area (Å²) in [6.07, 6.45) is 4.20. The molecule has 2 heterocycles. The molecule has 5 heteroatoms. The lowest BCUT2D eigenvalue weighted by Gasteiger charge is -2.19. The van der Waals surface area contributed by atoms with Crippen molar-refractivity contribution in [1.82, 2.24) is 4.98 Å². The molecule has 3 rings (SSSR count). The smallest absolute Gasteiger partial charge is 0.360 e. The topological polar surface area (TPSA) is 60.5 Å². The standard InChI is InChI=1S/C20H24N2O3/c1-3-4-12-25-18-10-9-16(22-19(18)20(23)24-2)15-8-7-14-6-5-11-21-17(14)13-15/h7-10,13,21H,3-6,11-12H2,1-2H3. The molecule has 0 amide bonds. The van der Waals surface area contributed by atoms with Crippen molar-refractivity contribution in [3.05, 3.63) is 41.6 Å². The number of aryl methyl sites for hydroxylation is 1. The number of carbonyl (C=O) groups excluding carboxylic acids is 1. The zero-order valence-electron chi connectivity index (χ0n) is 14.8. The van der Waals surface area contributed by atoms with Gasteiger partial charge in [0, 0.05) is 17.8 Å². The van der Waals surface area contributed by atoms with Crippen molar-refractivity contribution in [3.8, 4) is 17.0 Å². The first kappa shape index (κ1) is 17.3. The molecule has 0 radical (unpaired) electrons. The lowest BCUT2D eigenvalue weighted by atomic mass is 10.00. The fraction of sp³-hybridized carbons (Fsp3) is 0.400. The molecule has 0 spiro atoms. The Balaban J connectivity index is 1.92. The largest absolute Gasteiger partial charge is 0.491 e. The molecule has 1 aliphatic rings. The summed E-state index contributed by atoms with van der Waals surface area (Å²) < 4.78 is 10.6. The predicted octanol–water partition coefficient (Wildman–Crippen LogP) is 4.07. The van der Waals surface area contributed by atoms with Crippen LogP contribution in [0.15, 0.2) is 30.3 Å². The molecule has 2 aromatic rings. The zero-order chi connectivity index (χ0) is 17.6. The number of fused-ring (bicyclic) bond motifs is 1. The number of hydrogen-bond donors (Lipinski definition) is 1. The average Bonchev–Trinajstić information content (AvgIpc) is 2.67. The molecule has 1 aromatic heterocycles. The SMILES string of the molecule is CCCCOc1ccc(-c2ccc3c(c2)NCCC3)nc1C(=O)OC. The van der Waals surface area contributed by atoms with E-state index in [2.05, 4.69) is 29.4 Å². The number of nitrogens with zero attached hydrogens (tertiary/aromatic N) is 1. The van der Waals surface area contributed by atoms with Crippen LogP contribution < -0.4 is 10.1 Å². The van der Waals surface area contributed by atoms with Crippen molar-refractivity contribution in [2.24, 2.45) is 0 Å². The Bertz CT molecular complexity index is 759. The number of hydrogen-bond acceptors (Lipinski definition) is 5. The predicted molar refractivity (Wildman–Crippen MR) is 98.2 cm³/mol. The van der Waals surface area contributed by atoms with Crippen LogP contribution in [0.25, 0.3) is 11.3 Å². The van der Waals surface area contributed by atoms with Crippen molar-refractivity contribution in [3.63, 3.8) is 0 Å². The Hall–Kier alpha value is -2.56. The second kappa shape index (κ2) is 8.01. The van der Waals surface area contributed by atoms with E-state index < -0.39 is 5.97 Å². The number of ether oxygens (including phenoxy) is 2. The zero-order valence-corrected chi connectivity index (χ0v) is 14.8. The Labute approximate surface area is 148 Å². The van der Waals surface area contributed by atoms with Gasteiger partial charge in [-0.25, -0.2) is 9.78 Å². The van der Waals surface area contributed by atoms with Crippen molar-refractivity contribution in [2.45, 2.75) is 32.6 Å². The van der Waals surface area contributed by atoms with Gasteiger partial charge in [0.2, 0.25) is 0 Å². The molecule has 1 N–H and O–H groups in total. The first-order chi connectivity index (χ1) is 12.2. The minimum atomic E-state index is -0.482. The molecule has 132 valence electrons. The fourth-order valence-corrected chi connectivity index (χ4v) is 2.91. The quantitative estimate of drug-likeness (QED) is 0.634. The second-order valence-corrected chi connectivity index (χ2v) is 6.14. The van der Waals surface area contributed by atoms with Gasteiger partial charge in [0.05, 0.1) is 19.4 Å². The molecule has 25 heavy (non-hydrogen) atoms. The van der Waals surface area contributed by atoms with E-state index in [0.717, 1.165) is 49.2 Å². The molecular weight excluding hydrogens is 316 g/mol. The first-order valence-electron chi connectivity index (χ1n) is 8.82. The monoisotopic (exact) mass is 340 g/mol. The molecule has 0 fully saturated rings. The van der Waals surface area contributed by atoms with Gasteiger partial charge in [-0.2, -0.15) is 0 Å². The van der Waals surface area contributed by atoms with Crippen LogP contribution in [0.4, 0.5) is 5.69 Å². The molecule has 0 saturated carbocycles. The van der Waals surface area contributed by atoms with Crippen molar-refractivity contribution >= 4 is 11.7 Å². The fourth-order valence-electron chi connectivity index (χ4n) is 2.91. The van der Waals surface area contributed by atoms with E-state index in [-0.39, 0.29) is 5.69 Å². The summed E-state index contributed by atoms with van der Waals surface area (Å²) in [5.41, 5.74) is 4.40. The van der Waals surface area contributed by atoms with Gasteiger partial charge in [0.1, 0.15) is 0 Å². The number of aromatic nitrogens is 1. The van der Waals surface area contributed by atoms with Crippen molar-refractivity contribution in [1.29, 1.82) is 0 Å². The third-order valence-corrected chi connectivity index (χ3v) is 4.34. The number of rotatable bonds is 6. The minimum Gasteiger partial charge on any atom is -0.491 e. The Morgan fingerprint density at radius 3 is 2.96 bits per heavy atom. The molecule has 1 aromatic carbocycles. The van der Waals surface area contributed by atoms with E-state index in [9.17, 15) is 4.79 Å². The summed E-state index contributed by atoms with van der Waals surface area (Å²) >= 11 is 0. The minimum absolute atomic E-state index is 0.224. The molecular formula is C20H24N2O3. The highest BCUT2D eigenvalue weighted by molar-refractivity contribution is 5.91. The van der Waals surface area contributed by atoms with Crippen molar-refractivity contribution < 1.29 is 14.3 Å². The average molecular weight is 340 g/mol. The molecule has 5 nitrogen and oxygen atoms in total. The molecule has 0 atom stereocenters. The molecule has 0 unspecified atom stereocenters. The summed E-state index contributed by atoms with van der Waals surface area (Å²) in [6, 6.07) is 9.96. The number of methoxy groups -OCH3 is 1. The summed E-state index contributed by atoms with van der Waals surface area (Å²) in [7, 11) is 1.36. The molecule has 0 saturated heterocycles. The maximum atomic E-state index is 12.1. The maximum Gasteiger partial charge on any atom is 0.360 e. The van der Waals surface area contributed by atoms with Gasteiger partial charge in [-0.15, -0.1) is 0 Å². The summed E-state index contributed by atoms with van der Waals surface area (Å²) in [5.74, 6) is -0.00966. The van der Waals surface area contributed by atoms with Crippen LogP contribution in [0.2, 0.25) is 0 Å². The highest BCUT2D eigenvalue weighted by Crippen LogP contribution is 2.29. The normalized spacial score (nSPS) is 12.9. The molecule has 0 aliphatic carbocycles. The van der Waals surface area contributed by atoms with E-state index in [4.69, 9.17) is 9.47 Å². The van der Waals surface area contributed by atoms with Crippen LogP contribution in [-0.2, 0) is 11.2 Å². The lowest BCUT2D eigenvalue weighted by molar-refractivity contribution is 0.0589. The second-order valence-electron chi connectivity index (χ2n) is 6.14. The Kier molecular flexibility index (Phi) is 5.53. The van der Waals surface area contributed by atoms with E-state index in [1.807, 2.05) is 12.1 Å². The van der Waals surface area contributed by atoms with Crippen molar-refractivity contribution in [2.75, 3.05) is 25.6 Å². The summed E-state index contributed by atoms with van der Waals surface area (Å²) in [5, 5.41) is 3.42. The van der Waals surface area contributed by atoms with Crippen LogP contribution in [0, 0.1) is 0 Å². The van der Waals surface area contributed by atoms with E-state index in [1.54, 1.807) is 6.07 Å². The van der Waals surface area contributed by atoms with Crippen LogP contribution >= 0.6 is 0 Å². The van der Waals surface area contributed by atoms with Gasteiger partial charge in [0.15, 0.2) is 11.4 Å². The number of benzene rings is 1. The molecule has 1 aliphatic heterocycles. The third kappa shape index (κ3) is 3.92. The number of nitrogens with one attached hydrogen (secondary N) is 1. The number of anilines is 1. The van der Waals surface area contributed by atoms with Gasteiger partial charge in [-0.05, 0) is 43.0 Å². The van der Waals surface area contributed by atoms with E-state index >= 15 is 0 Å². The van der Waals surface area contributed by atoms with Crippen LogP contribution in [0.5, 0.6) is 5.75 Å². The number of esters is 1. The van der Waals surface area contributed by atoms with Gasteiger partial charge in [0.25, 0.3) is 0 Å². The van der Waals surface area contributed by atoms with Gasteiger partial charge in [-0.1, -0.05) is 25.5 Å². The summed E-state index contributed by atoms with van der Waals surface area (Å²) in [4.78, 5) is 16.6. The highest BCUT2D eigenvalue weighted by Gasteiger charge is 2.18.